The Hall–Kier alpha value is -1.43. The highest BCUT2D eigenvalue weighted by atomic mass is 79.9. The molecule has 3 rings (SSSR count). The molecule has 0 radical (unpaired) electrons. The van der Waals surface area contributed by atoms with Crippen molar-refractivity contribution < 1.29 is 9.53 Å². The molecule has 0 fully saturated rings. The second-order valence-electron chi connectivity index (χ2n) is 4.32. The first-order valence-electron chi connectivity index (χ1n) is 6.03. The van der Waals surface area contributed by atoms with Crippen LogP contribution >= 0.6 is 38.9 Å². The molecule has 21 heavy (non-hydrogen) atoms. The highest BCUT2D eigenvalue weighted by molar-refractivity contribution is 9.10. The van der Waals surface area contributed by atoms with E-state index in [4.69, 9.17) is 16.3 Å². The molecule has 0 atom stereocenters. The Kier molecular flexibility index (Phi) is 3.97. The Morgan fingerprint density at radius 2 is 2.10 bits per heavy atom. The van der Waals surface area contributed by atoms with E-state index in [-0.39, 0.29) is 5.97 Å². The summed E-state index contributed by atoms with van der Waals surface area (Å²) in [5.41, 5.74) is 2.21. The molecular weight excluding hydrogens is 374 g/mol. The smallest absolute Gasteiger partial charge is 0.337 e. The standard InChI is InChI=1S/C15H9BrClNO2S/c1-20-15(19)8-2-5-12-13(6-8)21-14(18-12)10-7-9(16)3-4-11(10)17/h2-7H,1H3. The molecule has 0 saturated carbocycles. The van der Waals surface area contributed by atoms with Crippen LogP contribution in [0.5, 0.6) is 0 Å². The van der Waals surface area contributed by atoms with Gasteiger partial charge in [0.05, 0.1) is 27.9 Å². The predicted octanol–water partition coefficient (Wildman–Crippen LogP) is 5.17. The summed E-state index contributed by atoms with van der Waals surface area (Å²) >= 11 is 11.2. The molecule has 3 aromatic rings. The number of halogens is 2. The third-order valence-electron chi connectivity index (χ3n) is 2.97. The van der Waals surface area contributed by atoms with Crippen LogP contribution in [0.1, 0.15) is 10.4 Å². The molecule has 106 valence electrons. The van der Waals surface area contributed by atoms with Crippen LogP contribution in [0, 0.1) is 0 Å². The van der Waals surface area contributed by atoms with Crippen molar-refractivity contribution in [2.24, 2.45) is 0 Å². The Balaban J connectivity index is 2.13. The number of esters is 1. The van der Waals surface area contributed by atoms with E-state index in [1.54, 1.807) is 12.1 Å². The lowest BCUT2D eigenvalue weighted by atomic mass is 10.2. The summed E-state index contributed by atoms with van der Waals surface area (Å²) in [5.74, 6) is -0.354. The van der Waals surface area contributed by atoms with Crippen LogP contribution in [-0.4, -0.2) is 18.1 Å². The molecule has 0 aliphatic heterocycles. The number of benzene rings is 2. The number of thiazole rings is 1. The van der Waals surface area contributed by atoms with E-state index in [1.165, 1.54) is 18.4 Å². The normalized spacial score (nSPS) is 10.8. The molecule has 0 spiro atoms. The van der Waals surface area contributed by atoms with Crippen molar-refractivity contribution in [3.05, 3.63) is 51.5 Å². The number of methoxy groups -OCH3 is 1. The van der Waals surface area contributed by atoms with Gasteiger partial charge in [0.1, 0.15) is 5.01 Å². The summed E-state index contributed by atoms with van der Waals surface area (Å²) in [6, 6.07) is 10.9. The van der Waals surface area contributed by atoms with E-state index < -0.39 is 0 Å². The van der Waals surface area contributed by atoms with Crippen LogP contribution in [0.3, 0.4) is 0 Å². The maximum Gasteiger partial charge on any atom is 0.337 e. The molecular formula is C15H9BrClNO2S. The van der Waals surface area contributed by atoms with Crippen LogP contribution < -0.4 is 0 Å². The van der Waals surface area contributed by atoms with Crippen molar-refractivity contribution in [2.45, 2.75) is 0 Å². The molecule has 1 heterocycles. The number of hydrogen-bond acceptors (Lipinski definition) is 4. The van der Waals surface area contributed by atoms with E-state index >= 15 is 0 Å². The second kappa shape index (κ2) is 5.75. The van der Waals surface area contributed by atoms with Gasteiger partial charge in [-0.3, -0.25) is 0 Å². The number of aromatic nitrogens is 1. The third kappa shape index (κ3) is 2.81. The lowest BCUT2D eigenvalue weighted by molar-refractivity contribution is 0.0601. The van der Waals surface area contributed by atoms with Gasteiger partial charge in [0, 0.05) is 10.0 Å². The Morgan fingerprint density at radius 3 is 2.86 bits per heavy atom. The zero-order valence-electron chi connectivity index (χ0n) is 10.9. The minimum atomic E-state index is -0.354. The van der Waals surface area contributed by atoms with Gasteiger partial charge in [-0.1, -0.05) is 27.5 Å². The molecule has 0 unspecified atom stereocenters. The quantitative estimate of drug-likeness (QED) is 0.574. The first kappa shape index (κ1) is 14.5. The van der Waals surface area contributed by atoms with Crippen molar-refractivity contribution in [1.29, 1.82) is 0 Å². The third-order valence-corrected chi connectivity index (χ3v) is 4.84. The van der Waals surface area contributed by atoms with Crippen LogP contribution in [0.15, 0.2) is 40.9 Å². The number of nitrogens with zero attached hydrogens (tertiary/aromatic N) is 1. The molecule has 6 heteroatoms. The monoisotopic (exact) mass is 381 g/mol. The van der Waals surface area contributed by atoms with E-state index in [9.17, 15) is 4.79 Å². The van der Waals surface area contributed by atoms with Gasteiger partial charge in [-0.2, -0.15) is 0 Å². The summed E-state index contributed by atoms with van der Waals surface area (Å²) < 4.78 is 6.59. The number of rotatable bonds is 2. The lowest BCUT2D eigenvalue weighted by Crippen LogP contribution is -1.99. The van der Waals surface area contributed by atoms with Crippen LogP contribution in [0.25, 0.3) is 20.8 Å². The largest absolute Gasteiger partial charge is 0.465 e. The van der Waals surface area contributed by atoms with Crippen LogP contribution in [0.4, 0.5) is 0 Å². The van der Waals surface area contributed by atoms with Crippen LogP contribution in [-0.2, 0) is 4.74 Å². The maximum atomic E-state index is 11.6. The van der Waals surface area contributed by atoms with Gasteiger partial charge < -0.3 is 4.74 Å². The Bertz CT molecular complexity index is 847. The number of carbonyl (C=O) groups is 1. The zero-order chi connectivity index (χ0) is 15.0. The Morgan fingerprint density at radius 1 is 1.29 bits per heavy atom. The topological polar surface area (TPSA) is 39.2 Å². The van der Waals surface area contributed by atoms with Crippen LogP contribution in [0.2, 0.25) is 5.02 Å². The second-order valence-corrected chi connectivity index (χ2v) is 6.67. The van der Waals surface area contributed by atoms with Crippen molar-refractivity contribution >= 4 is 55.1 Å². The van der Waals surface area contributed by atoms with Gasteiger partial charge in [0.25, 0.3) is 0 Å². The van der Waals surface area contributed by atoms with Gasteiger partial charge in [-0.25, -0.2) is 9.78 Å². The van der Waals surface area contributed by atoms with Crippen molar-refractivity contribution in [3.63, 3.8) is 0 Å². The molecule has 3 nitrogen and oxygen atoms in total. The maximum absolute atomic E-state index is 11.6. The van der Waals surface area contributed by atoms with Crippen molar-refractivity contribution in [1.82, 2.24) is 4.98 Å². The molecule has 1 aromatic heterocycles. The van der Waals surface area contributed by atoms with Gasteiger partial charge in [-0.15, -0.1) is 11.3 Å². The predicted molar refractivity (Wildman–Crippen MR) is 89.1 cm³/mol. The van der Waals surface area contributed by atoms with E-state index in [2.05, 4.69) is 20.9 Å². The van der Waals surface area contributed by atoms with E-state index in [0.717, 1.165) is 25.3 Å². The first-order valence-corrected chi connectivity index (χ1v) is 8.01. The fourth-order valence-corrected chi connectivity index (χ4v) is 3.61. The average molecular weight is 383 g/mol. The molecule has 0 N–H and O–H groups in total. The van der Waals surface area contributed by atoms with Crippen molar-refractivity contribution in [3.8, 4) is 10.6 Å². The molecule has 0 bridgehead atoms. The van der Waals surface area contributed by atoms with E-state index in [1.807, 2.05) is 24.3 Å². The lowest BCUT2D eigenvalue weighted by Gasteiger charge is -2.00. The number of hydrogen-bond donors (Lipinski definition) is 0. The summed E-state index contributed by atoms with van der Waals surface area (Å²) in [5, 5.41) is 1.46. The highest BCUT2D eigenvalue weighted by Gasteiger charge is 2.12. The van der Waals surface area contributed by atoms with Crippen molar-refractivity contribution in [2.75, 3.05) is 7.11 Å². The summed E-state index contributed by atoms with van der Waals surface area (Å²) in [6.45, 7) is 0. The molecule has 0 aliphatic carbocycles. The summed E-state index contributed by atoms with van der Waals surface area (Å²) in [7, 11) is 1.37. The molecule has 0 saturated heterocycles. The fraction of sp³-hybridized carbons (Fsp3) is 0.0667. The first-order chi connectivity index (χ1) is 10.1. The van der Waals surface area contributed by atoms with Gasteiger partial charge in [0.15, 0.2) is 0 Å². The molecule has 0 amide bonds. The minimum Gasteiger partial charge on any atom is -0.465 e. The number of fused-ring (bicyclic) bond motifs is 1. The molecule has 2 aromatic carbocycles. The summed E-state index contributed by atoms with van der Waals surface area (Å²) in [6.07, 6.45) is 0. The minimum absolute atomic E-state index is 0.354. The number of ether oxygens (including phenoxy) is 1. The zero-order valence-corrected chi connectivity index (χ0v) is 14.1. The van der Waals surface area contributed by atoms with Gasteiger partial charge >= 0.3 is 5.97 Å². The average Bonchev–Trinajstić information content (AvgIpc) is 2.91. The fourth-order valence-electron chi connectivity index (χ4n) is 1.95. The SMILES string of the molecule is COC(=O)c1ccc2nc(-c3cc(Br)ccc3Cl)sc2c1. The molecule has 0 aliphatic rings. The Labute approximate surface area is 138 Å². The summed E-state index contributed by atoms with van der Waals surface area (Å²) in [4.78, 5) is 16.1. The number of carbonyl (C=O) groups excluding carboxylic acids is 1. The van der Waals surface area contributed by atoms with Gasteiger partial charge in [-0.05, 0) is 36.4 Å². The highest BCUT2D eigenvalue weighted by Crippen LogP contribution is 2.36. The van der Waals surface area contributed by atoms with E-state index in [0.29, 0.717) is 10.6 Å². The van der Waals surface area contributed by atoms with Gasteiger partial charge in [0.2, 0.25) is 0 Å².